The minimum absolute atomic E-state index is 0.378. The van der Waals surface area contributed by atoms with Crippen LogP contribution in [0.15, 0.2) is 18.2 Å². The second kappa shape index (κ2) is 6.31. The predicted molar refractivity (Wildman–Crippen MR) is 86.2 cm³/mol. The van der Waals surface area contributed by atoms with E-state index in [2.05, 4.69) is 32.2 Å². The number of pyridine rings is 1. The molecule has 3 nitrogen and oxygen atoms in total. The summed E-state index contributed by atoms with van der Waals surface area (Å²) in [6.45, 7) is 7.37. The number of fused-ring (bicyclic) bond motifs is 1. The summed E-state index contributed by atoms with van der Waals surface area (Å²) in [5.74, 6) is 1.04. The summed E-state index contributed by atoms with van der Waals surface area (Å²) in [4.78, 5) is 4.71. The van der Waals surface area contributed by atoms with Crippen LogP contribution in [-0.2, 0) is 0 Å². The van der Waals surface area contributed by atoms with Gasteiger partial charge in [0.1, 0.15) is 5.75 Å². The van der Waals surface area contributed by atoms with Gasteiger partial charge < -0.3 is 10.1 Å². The standard InChI is InChI=1S/C16H21ClN2O/c1-5-6-18-14-8-13(10(2)3)19-15-9-16(20-4)12(17)7-11(14)15/h7-10H,5-6H2,1-4H3,(H,18,19). The summed E-state index contributed by atoms with van der Waals surface area (Å²) < 4.78 is 5.28. The largest absolute Gasteiger partial charge is 0.495 e. The molecule has 4 heteroatoms. The van der Waals surface area contributed by atoms with E-state index in [0.717, 1.165) is 35.2 Å². The number of rotatable bonds is 5. The number of benzene rings is 1. The van der Waals surface area contributed by atoms with Gasteiger partial charge in [0.15, 0.2) is 0 Å². The molecule has 0 amide bonds. The summed E-state index contributed by atoms with van der Waals surface area (Å²) in [6.07, 6.45) is 1.07. The first-order valence-electron chi connectivity index (χ1n) is 6.98. The minimum Gasteiger partial charge on any atom is -0.495 e. The third-order valence-electron chi connectivity index (χ3n) is 3.26. The van der Waals surface area contributed by atoms with E-state index in [0.29, 0.717) is 16.7 Å². The molecule has 1 heterocycles. The first kappa shape index (κ1) is 14.9. The van der Waals surface area contributed by atoms with E-state index in [1.165, 1.54) is 0 Å². The molecule has 2 rings (SSSR count). The molecule has 0 aliphatic carbocycles. The quantitative estimate of drug-likeness (QED) is 0.856. The summed E-state index contributed by atoms with van der Waals surface area (Å²) in [7, 11) is 1.62. The van der Waals surface area contributed by atoms with Crippen LogP contribution in [0.5, 0.6) is 5.75 Å². The Labute approximate surface area is 125 Å². The van der Waals surface area contributed by atoms with Crippen LogP contribution in [0.1, 0.15) is 38.8 Å². The van der Waals surface area contributed by atoms with Gasteiger partial charge in [-0.25, -0.2) is 0 Å². The van der Waals surface area contributed by atoms with Gasteiger partial charge in [-0.2, -0.15) is 0 Å². The molecule has 0 atom stereocenters. The topological polar surface area (TPSA) is 34.2 Å². The third-order valence-corrected chi connectivity index (χ3v) is 3.55. The molecule has 0 radical (unpaired) electrons. The molecular formula is C16H21ClN2O. The number of nitrogens with zero attached hydrogens (tertiary/aromatic N) is 1. The van der Waals surface area contributed by atoms with E-state index >= 15 is 0 Å². The number of anilines is 1. The monoisotopic (exact) mass is 292 g/mol. The van der Waals surface area contributed by atoms with Gasteiger partial charge in [-0.15, -0.1) is 0 Å². The van der Waals surface area contributed by atoms with Crippen LogP contribution in [0, 0.1) is 0 Å². The van der Waals surface area contributed by atoms with Gasteiger partial charge in [0.25, 0.3) is 0 Å². The van der Waals surface area contributed by atoms with Crippen molar-refractivity contribution in [1.29, 1.82) is 0 Å². The fourth-order valence-electron chi connectivity index (χ4n) is 2.11. The van der Waals surface area contributed by atoms with Crippen molar-refractivity contribution in [2.75, 3.05) is 19.0 Å². The number of methoxy groups -OCH3 is 1. The Balaban J connectivity index is 2.63. The number of aromatic nitrogens is 1. The molecule has 2 aromatic rings. The van der Waals surface area contributed by atoms with E-state index in [1.54, 1.807) is 7.11 Å². The fraction of sp³-hybridized carbons (Fsp3) is 0.438. The zero-order valence-corrected chi connectivity index (χ0v) is 13.2. The van der Waals surface area contributed by atoms with Crippen molar-refractivity contribution in [2.24, 2.45) is 0 Å². The van der Waals surface area contributed by atoms with Crippen LogP contribution in [0.3, 0.4) is 0 Å². The molecule has 0 saturated heterocycles. The van der Waals surface area contributed by atoms with Gasteiger partial charge >= 0.3 is 0 Å². The summed E-state index contributed by atoms with van der Waals surface area (Å²) >= 11 is 6.23. The van der Waals surface area contributed by atoms with Crippen LogP contribution in [0.2, 0.25) is 5.02 Å². The molecule has 0 unspecified atom stereocenters. The number of nitrogens with one attached hydrogen (secondary N) is 1. The molecule has 0 aliphatic rings. The van der Waals surface area contributed by atoms with Crippen molar-refractivity contribution in [1.82, 2.24) is 4.98 Å². The van der Waals surface area contributed by atoms with Crippen LogP contribution in [-0.4, -0.2) is 18.6 Å². The highest BCUT2D eigenvalue weighted by Crippen LogP contribution is 2.34. The second-order valence-electron chi connectivity index (χ2n) is 5.18. The molecule has 0 fully saturated rings. The summed E-state index contributed by atoms with van der Waals surface area (Å²) in [5.41, 5.74) is 3.07. The SMILES string of the molecule is CCCNc1cc(C(C)C)nc2cc(OC)c(Cl)cc12. The van der Waals surface area contributed by atoms with Gasteiger partial charge in [0.05, 0.1) is 17.6 Å². The lowest BCUT2D eigenvalue weighted by Gasteiger charge is -2.14. The highest BCUT2D eigenvalue weighted by molar-refractivity contribution is 6.33. The average Bonchev–Trinajstić information content (AvgIpc) is 2.43. The molecular weight excluding hydrogens is 272 g/mol. The van der Waals surface area contributed by atoms with E-state index in [9.17, 15) is 0 Å². The summed E-state index contributed by atoms with van der Waals surface area (Å²) in [5, 5.41) is 5.10. The maximum atomic E-state index is 6.23. The number of hydrogen-bond donors (Lipinski definition) is 1. The molecule has 0 aliphatic heterocycles. The Bertz CT molecular complexity index is 611. The van der Waals surface area contributed by atoms with Gasteiger partial charge in [0, 0.05) is 29.4 Å². The lowest BCUT2D eigenvalue weighted by Crippen LogP contribution is -2.03. The second-order valence-corrected chi connectivity index (χ2v) is 5.59. The highest BCUT2D eigenvalue weighted by Gasteiger charge is 2.11. The maximum absolute atomic E-state index is 6.23. The van der Waals surface area contributed by atoms with Gasteiger partial charge in [-0.1, -0.05) is 32.4 Å². The highest BCUT2D eigenvalue weighted by atomic mass is 35.5. The smallest absolute Gasteiger partial charge is 0.139 e. The molecule has 0 saturated carbocycles. The Morgan fingerprint density at radius 3 is 2.65 bits per heavy atom. The Kier molecular flexibility index (Phi) is 4.71. The van der Waals surface area contributed by atoms with E-state index in [1.807, 2.05) is 12.1 Å². The third kappa shape index (κ3) is 2.98. The van der Waals surface area contributed by atoms with Crippen LogP contribution >= 0.6 is 11.6 Å². The average molecular weight is 293 g/mol. The number of hydrogen-bond acceptors (Lipinski definition) is 3. The molecule has 0 bridgehead atoms. The molecule has 1 N–H and O–H groups in total. The maximum Gasteiger partial charge on any atom is 0.139 e. The van der Waals surface area contributed by atoms with Crippen molar-refractivity contribution in [3.05, 3.63) is 28.9 Å². The molecule has 1 aromatic carbocycles. The van der Waals surface area contributed by atoms with Gasteiger partial charge in [-0.05, 0) is 24.5 Å². The predicted octanol–water partition coefficient (Wildman–Crippen LogP) is 4.84. The molecule has 1 aromatic heterocycles. The van der Waals surface area contributed by atoms with Crippen molar-refractivity contribution in [2.45, 2.75) is 33.1 Å². The zero-order chi connectivity index (χ0) is 14.7. The van der Waals surface area contributed by atoms with Crippen LogP contribution < -0.4 is 10.1 Å². The van der Waals surface area contributed by atoms with Crippen LogP contribution in [0.25, 0.3) is 10.9 Å². The summed E-state index contributed by atoms with van der Waals surface area (Å²) in [6, 6.07) is 5.94. The van der Waals surface area contributed by atoms with Gasteiger partial charge in [-0.3, -0.25) is 4.98 Å². The number of ether oxygens (including phenoxy) is 1. The van der Waals surface area contributed by atoms with E-state index in [4.69, 9.17) is 21.3 Å². The molecule has 108 valence electrons. The first-order chi connectivity index (χ1) is 9.56. The lowest BCUT2D eigenvalue weighted by atomic mass is 10.1. The van der Waals surface area contributed by atoms with Crippen molar-refractivity contribution in [3.8, 4) is 5.75 Å². The fourth-order valence-corrected chi connectivity index (χ4v) is 2.35. The number of halogens is 1. The van der Waals surface area contributed by atoms with E-state index < -0.39 is 0 Å². The van der Waals surface area contributed by atoms with E-state index in [-0.39, 0.29) is 0 Å². The normalized spacial score (nSPS) is 11.1. The van der Waals surface area contributed by atoms with Crippen molar-refractivity contribution >= 4 is 28.2 Å². The Morgan fingerprint density at radius 2 is 2.05 bits per heavy atom. The molecule has 20 heavy (non-hydrogen) atoms. The Morgan fingerprint density at radius 1 is 1.30 bits per heavy atom. The van der Waals surface area contributed by atoms with Crippen molar-refractivity contribution in [3.63, 3.8) is 0 Å². The lowest BCUT2D eigenvalue weighted by molar-refractivity contribution is 0.415. The zero-order valence-electron chi connectivity index (χ0n) is 12.5. The van der Waals surface area contributed by atoms with Crippen LogP contribution in [0.4, 0.5) is 5.69 Å². The minimum atomic E-state index is 0.378. The molecule has 0 spiro atoms. The van der Waals surface area contributed by atoms with Crippen molar-refractivity contribution < 1.29 is 4.74 Å². The Hall–Kier alpha value is -1.48. The van der Waals surface area contributed by atoms with Gasteiger partial charge in [0.2, 0.25) is 0 Å². The first-order valence-corrected chi connectivity index (χ1v) is 7.36.